The smallest absolute Gasteiger partial charge is 0.119 e. The van der Waals surface area contributed by atoms with Gasteiger partial charge in [0.25, 0.3) is 0 Å². The van der Waals surface area contributed by atoms with Gasteiger partial charge in [-0.15, -0.1) is 0 Å². The average molecular weight is 275 g/mol. The standard InChI is InChI=1S/C17H25NO2/c1-2-6-16(7-3-1)19-12-13-20-17(10-4-5-11-17)14-18-15-8-9-15/h1-3,6-7,15,18H,4-5,8-14H2. The fourth-order valence-electron chi connectivity index (χ4n) is 2.94. The predicted octanol–water partition coefficient (Wildman–Crippen LogP) is 3.15. The van der Waals surface area contributed by atoms with Gasteiger partial charge in [-0.05, 0) is 37.8 Å². The molecule has 20 heavy (non-hydrogen) atoms. The minimum Gasteiger partial charge on any atom is -0.491 e. The van der Waals surface area contributed by atoms with Crippen molar-refractivity contribution in [2.45, 2.75) is 50.2 Å². The van der Waals surface area contributed by atoms with Gasteiger partial charge in [0.2, 0.25) is 0 Å². The molecule has 0 amide bonds. The van der Waals surface area contributed by atoms with E-state index in [9.17, 15) is 0 Å². The van der Waals surface area contributed by atoms with Gasteiger partial charge in [0.15, 0.2) is 0 Å². The summed E-state index contributed by atoms with van der Waals surface area (Å²) in [7, 11) is 0. The van der Waals surface area contributed by atoms with Gasteiger partial charge in [-0.2, -0.15) is 0 Å². The molecule has 3 heteroatoms. The highest BCUT2D eigenvalue weighted by atomic mass is 16.5. The van der Waals surface area contributed by atoms with Crippen LogP contribution in [0.2, 0.25) is 0 Å². The van der Waals surface area contributed by atoms with Crippen molar-refractivity contribution in [1.82, 2.24) is 5.32 Å². The molecule has 0 aliphatic heterocycles. The molecule has 0 saturated heterocycles. The Morgan fingerprint density at radius 2 is 1.80 bits per heavy atom. The van der Waals surface area contributed by atoms with Crippen LogP contribution in [0, 0.1) is 0 Å². The van der Waals surface area contributed by atoms with Crippen molar-refractivity contribution in [3.05, 3.63) is 30.3 Å². The summed E-state index contributed by atoms with van der Waals surface area (Å²) in [6.45, 7) is 2.33. The van der Waals surface area contributed by atoms with Crippen LogP contribution in [0.1, 0.15) is 38.5 Å². The Morgan fingerprint density at radius 1 is 1.05 bits per heavy atom. The van der Waals surface area contributed by atoms with Crippen LogP contribution in [0.15, 0.2) is 30.3 Å². The lowest BCUT2D eigenvalue weighted by Crippen LogP contribution is -2.42. The van der Waals surface area contributed by atoms with Crippen LogP contribution in [0.25, 0.3) is 0 Å². The SMILES string of the molecule is c1ccc(OCCOC2(CNC3CC3)CCCC2)cc1. The minimum absolute atomic E-state index is 0.0721. The van der Waals surface area contributed by atoms with Gasteiger partial charge in [-0.1, -0.05) is 31.0 Å². The van der Waals surface area contributed by atoms with Crippen LogP contribution in [-0.2, 0) is 4.74 Å². The Hall–Kier alpha value is -1.06. The van der Waals surface area contributed by atoms with Crippen molar-refractivity contribution in [3.8, 4) is 5.75 Å². The number of hydrogen-bond acceptors (Lipinski definition) is 3. The summed E-state index contributed by atoms with van der Waals surface area (Å²) in [6, 6.07) is 10.7. The summed E-state index contributed by atoms with van der Waals surface area (Å²) in [5.41, 5.74) is 0.0721. The summed E-state index contributed by atoms with van der Waals surface area (Å²) < 4.78 is 11.9. The molecule has 1 N–H and O–H groups in total. The normalized spacial score (nSPS) is 21.0. The van der Waals surface area contributed by atoms with Crippen LogP contribution in [0.4, 0.5) is 0 Å². The van der Waals surface area contributed by atoms with E-state index in [0.29, 0.717) is 13.2 Å². The van der Waals surface area contributed by atoms with Crippen LogP contribution >= 0.6 is 0 Å². The van der Waals surface area contributed by atoms with Crippen LogP contribution in [0.3, 0.4) is 0 Å². The van der Waals surface area contributed by atoms with Crippen molar-refractivity contribution in [2.24, 2.45) is 0 Å². The fourth-order valence-corrected chi connectivity index (χ4v) is 2.94. The van der Waals surface area contributed by atoms with E-state index in [1.807, 2.05) is 30.3 Å². The van der Waals surface area contributed by atoms with Crippen LogP contribution in [0.5, 0.6) is 5.75 Å². The molecule has 2 aliphatic carbocycles. The van der Waals surface area contributed by atoms with Crippen molar-refractivity contribution in [1.29, 1.82) is 0 Å². The second kappa shape index (κ2) is 6.59. The topological polar surface area (TPSA) is 30.5 Å². The highest BCUT2D eigenvalue weighted by Crippen LogP contribution is 2.33. The minimum atomic E-state index is 0.0721. The largest absolute Gasteiger partial charge is 0.491 e. The van der Waals surface area contributed by atoms with E-state index < -0.39 is 0 Å². The first-order valence-electron chi connectivity index (χ1n) is 7.92. The maximum Gasteiger partial charge on any atom is 0.119 e. The first kappa shape index (κ1) is 13.9. The van der Waals surface area contributed by atoms with Gasteiger partial charge < -0.3 is 14.8 Å². The lowest BCUT2D eigenvalue weighted by atomic mass is 10.0. The second-order valence-electron chi connectivity index (χ2n) is 6.06. The molecule has 0 heterocycles. The number of rotatable bonds is 8. The van der Waals surface area contributed by atoms with E-state index in [4.69, 9.17) is 9.47 Å². The van der Waals surface area contributed by atoms with Crippen molar-refractivity contribution in [3.63, 3.8) is 0 Å². The maximum atomic E-state index is 6.20. The number of para-hydroxylation sites is 1. The molecule has 0 bridgehead atoms. The number of ether oxygens (including phenoxy) is 2. The Kier molecular flexibility index (Phi) is 4.58. The van der Waals surface area contributed by atoms with Crippen molar-refractivity contribution >= 4 is 0 Å². The summed E-state index contributed by atoms with van der Waals surface area (Å²) in [4.78, 5) is 0. The number of nitrogens with one attached hydrogen (secondary N) is 1. The third kappa shape index (κ3) is 3.97. The van der Waals surface area contributed by atoms with E-state index >= 15 is 0 Å². The molecule has 1 aromatic rings. The Balaban J connectivity index is 1.40. The molecular weight excluding hydrogens is 250 g/mol. The molecule has 110 valence electrons. The van der Waals surface area contributed by atoms with Gasteiger partial charge in [0.1, 0.15) is 12.4 Å². The van der Waals surface area contributed by atoms with Crippen LogP contribution < -0.4 is 10.1 Å². The molecule has 2 fully saturated rings. The molecule has 2 aliphatic rings. The fraction of sp³-hybridized carbons (Fsp3) is 0.647. The molecule has 3 nitrogen and oxygen atoms in total. The lowest BCUT2D eigenvalue weighted by molar-refractivity contribution is -0.0495. The number of benzene rings is 1. The monoisotopic (exact) mass is 275 g/mol. The maximum absolute atomic E-state index is 6.20. The molecule has 0 spiro atoms. The first-order chi connectivity index (χ1) is 9.86. The summed E-state index contributed by atoms with van der Waals surface area (Å²) >= 11 is 0. The molecule has 0 unspecified atom stereocenters. The summed E-state index contributed by atoms with van der Waals surface area (Å²) in [5.74, 6) is 0.924. The van der Waals surface area contributed by atoms with Gasteiger partial charge in [0.05, 0.1) is 12.2 Å². The molecule has 2 saturated carbocycles. The van der Waals surface area contributed by atoms with Gasteiger partial charge in [-0.3, -0.25) is 0 Å². The number of hydrogen-bond donors (Lipinski definition) is 1. The first-order valence-corrected chi connectivity index (χ1v) is 7.92. The molecule has 0 atom stereocenters. The van der Waals surface area contributed by atoms with Crippen molar-refractivity contribution in [2.75, 3.05) is 19.8 Å². The Bertz CT molecular complexity index is 397. The molecule has 0 aromatic heterocycles. The predicted molar refractivity (Wildman–Crippen MR) is 80.1 cm³/mol. The van der Waals surface area contributed by atoms with E-state index in [1.165, 1.54) is 38.5 Å². The van der Waals surface area contributed by atoms with Crippen molar-refractivity contribution < 1.29 is 9.47 Å². The third-order valence-corrected chi connectivity index (χ3v) is 4.31. The Morgan fingerprint density at radius 3 is 2.50 bits per heavy atom. The van der Waals surface area contributed by atoms with E-state index in [-0.39, 0.29) is 5.60 Å². The summed E-state index contributed by atoms with van der Waals surface area (Å²) in [6.07, 6.45) is 7.66. The van der Waals surface area contributed by atoms with Gasteiger partial charge in [-0.25, -0.2) is 0 Å². The van der Waals surface area contributed by atoms with Gasteiger partial charge >= 0.3 is 0 Å². The molecule has 1 aromatic carbocycles. The molecule has 3 rings (SSSR count). The molecular formula is C17H25NO2. The van der Waals surface area contributed by atoms with Crippen LogP contribution in [-0.4, -0.2) is 31.4 Å². The second-order valence-corrected chi connectivity index (χ2v) is 6.06. The Labute approximate surface area is 121 Å². The zero-order chi connectivity index (χ0) is 13.7. The highest BCUT2D eigenvalue weighted by Gasteiger charge is 2.36. The van der Waals surface area contributed by atoms with E-state index in [2.05, 4.69) is 5.32 Å². The van der Waals surface area contributed by atoms with E-state index in [1.54, 1.807) is 0 Å². The van der Waals surface area contributed by atoms with E-state index in [0.717, 1.165) is 18.3 Å². The molecule has 0 radical (unpaired) electrons. The van der Waals surface area contributed by atoms with Gasteiger partial charge in [0, 0.05) is 12.6 Å². The zero-order valence-corrected chi connectivity index (χ0v) is 12.1. The quantitative estimate of drug-likeness (QED) is 0.739. The average Bonchev–Trinajstić information content (AvgIpc) is 3.21. The summed E-state index contributed by atoms with van der Waals surface area (Å²) in [5, 5.41) is 3.63. The third-order valence-electron chi connectivity index (χ3n) is 4.31. The highest BCUT2D eigenvalue weighted by molar-refractivity contribution is 5.20. The zero-order valence-electron chi connectivity index (χ0n) is 12.1. The lowest BCUT2D eigenvalue weighted by Gasteiger charge is -2.30.